The second-order valence-electron chi connectivity index (χ2n) is 25.2. The van der Waals surface area contributed by atoms with E-state index in [1.807, 2.05) is 24.5 Å². The number of aromatic hydroxyl groups is 2. The third-order valence-electron chi connectivity index (χ3n) is 18.3. The Morgan fingerprint density at radius 3 is 1.50 bits per heavy atom. The van der Waals surface area contributed by atoms with Gasteiger partial charge in [0.15, 0.2) is 5.71 Å². The largest absolute Gasteiger partial charge is 0.492 e. The molecule has 2 aliphatic heterocycles. The predicted octanol–water partition coefficient (Wildman–Crippen LogP) is 8.09. The van der Waals surface area contributed by atoms with Crippen LogP contribution in [0.25, 0.3) is 21.5 Å². The van der Waals surface area contributed by atoms with Gasteiger partial charge in [0.05, 0.1) is 99.4 Å². The van der Waals surface area contributed by atoms with Crippen LogP contribution in [0.1, 0.15) is 76.8 Å². The van der Waals surface area contributed by atoms with Crippen LogP contribution in [0.3, 0.4) is 0 Å². The highest BCUT2D eigenvalue weighted by atomic mass is 32.2. The van der Waals surface area contributed by atoms with Crippen molar-refractivity contribution in [3.63, 3.8) is 0 Å². The SMILES string of the molecule is CC[N+]1=C(C=CC2=C(Oc3ccc(S(=O)(=O)O)cc3)C(=CC=C3N(CCCC(=O)On4c(O)ccc4O)c4ccc5c(S(=O)(=O)O)cc(S(=O)(=O)O)cc5c4C3(C)CCOCCOCCOCCOC)CCC2)C(C)(CCOCCOCCOCCOC)c2c1ccc1c(S(=O)(=O)O)cc(S(=O)(=O)O)cc21. The quantitative estimate of drug-likeness (QED) is 0.0108. The van der Waals surface area contributed by atoms with Gasteiger partial charge in [-0.2, -0.15) is 46.7 Å². The first-order chi connectivity index (χ1) is 50.1. The summed E-state index contributed by atoms with van der Waals surface area (Å²) in [6.45, 7) is 8.85. The van der Waals surface area contributed by atoms with Crippen LogP contribution in [0.2, 0.25) is 0 Å². The van der Waals surface area contributed by atoms with Crippen LogP contribution in [0.5, 0.6) is 17.5 Å². The number of hydrogen-bond donors (Lipinski definition) is 7. The lowest BCUT2D eigenvalue weighted by Gasteiger charge is -2.31. The van der Waals surface area contributed by atoms with Gasteiger partial charge in [0.1, 0.15) is 27.8 Å². The molecule has 578 valence electrons. The average molecular weight is 1580 g/mol. The molecule has 9 rings (SSSR count). The van der Waals surface area contributed by atoms with E-state index in [-0.39, 0.29) is 131 Å². The number of carbonyl (C=O) groups excluding carboxylic acids is 1. The van der Waals surface area contributed by atoms with Crippen molar-refractivity contribution in [1.82, 2.24) is 4.73 Å². The molecule has 3 heterocycles. The van der Waals surface area contributed by atoms with Crippen LogP contribution in [0.4, 0.5) is 11.4 Å². The predicted molar refractivity (Wildman–Crippen MR) is 384 cm³/mol. The van der Waals surface area contributed by atoms with Gasteiger partial charge in [-0.05, 0) is 160 Å². The van der Waals surface area contributed by atoms with Crippen LogP contribution >= 0.6 is 0 Å². The minimum atomic E-state index is -5.22. The molecular formula is C70H86N3O28S5+. The smallest absolute Gasteiger partial charge is 0.333 e. The lowest BCUT2D eigenvalue weighted by Crippen LogP contribution is -2.33. The zero-order valence-corrected chi connectivity index (χ0v) is 62.8. The fraction of sp³-hybridized carbons (Fsp3) is 0.429. The molecule has 1 aliphatic carbocycles. The molecule has 2 atom stereocenters. The molecule has 0 saturated heterocycles. The number of methoxy groups -OCH3 is 2. The van der Waals surface area contributed by atoms with E-state index in [0.717, 1.165) is 36.4 Å². The number of aromatic nitrogens is 1. The Morgan fingerprint density at radius 1 is 0.528 bits per heavy atom. The summed E-state index contributed by atoms with van der Waals surface area (Å²) < 4.78 is 236. The lowest BCUT2D eigenvalue weighted by atomic mass is 9.74. The Bertz CT molecular complexity index is 4980. The number of anilines is 1. The Labute approximate surface area is 614 Å². The molecule has 3 aliphatic rings. The van der Waals surface area contributed by atoms with Crippen molar-refractivity contribution in [2.45, 2.75) is 101 Å². The summed E-state index contributed by atoms with van der Waals surface area (Å²) in [6.07, 6.45) is 8.07. The summed E-state index contributed by atoms with van der Waals surface area (Å²) >= 11 is 0. The van der Waals surface area contributed by atoms with E-state index < -0.39 is 104 Å². The van der Waals surface area contributed by atoms with Crippen LogP contribution in [0.15, 0.2) is 156 Å². The van der Waals surface area contributed by atoms with Gasteiger partial charge < -0.3 is 62.6 Å². The molecule has 5 aromatic carbocycles. The number of allylic oxidation sites excluding steroid dienone is 7. The first-order valence-corrected chi connectivity index (χ1v) is 40.7. The lowest BCUT2D eigenvalue weighted by molar-refractivity contribution is -0.433. The molecule has 0 fully saturated rings. The summed E-state index contributed by atoms with van der Waals surface area (Å²) in [5, 5.41) is 20.5. The van der Waals surface area contributed by atoms with E-state index in [2.05, 4.69) is 0 Å². The molecule has 0 bridgehead atoms. The van der Waals surface area contributed by atoms with Crippen molar-refractivity contribution in [1.29, 1.82) is 0 Å². The maximum absolute atomic E-state index is 13.5. The van der Waals surface area contributed by atoms with Crippen LogP contribution in [-0.2, 0) is 104 Å². The van der Waals surface area contributed by atoms with Gasteiger partial charge in [-0.15, -0.1) is 4.73 Å². The Hall–Kier alpha value is -7.57. The summed E-state index contributed by atoms with van der Waals surface area (Å²) in [4.78, 5) is 16.9. The van der Waals surface area contributed by atoms with Gasteiger partial charge in [0.25, 0.3) is 50.6 Å². The molecule has 106 heavy (non-hydrogen) atoms. The fourth-order valence-corrected chi connectivity index (χ4v) is 16.4. The summed E-state index contributed by atoms with van der Waals surface area (Å²) in [5.41, 5.74) is 1.09. The standard InChI is InChI=1S/C70H85N3O28S5/c1-6-71-57-20-18-53-55(43-51(103(80,81)82)45-59(53)105(86,87)88)66(57)69(2,26-29-94-35-37-98-41-39-96-33-31-92-4)61(71)22-12-47-9-7-10-48(68(47)100-49-14-16-50(17-15-49)102(77,78)79)13-23-62-70(3,27-30-95-36-38-99-42-40-97-34-32-93-5)67-56-44-52(104(83,84)85)46-60(106(89,90)91)54(56)19-21-58(67)72(62)28-8-11-65(76)101-73-63(74)24-25-64(73)75/h12-25,43-46H,6-11,26-42H2,1-5H3,(H6-,74,75,77,78,79,80,81,82,83,84,85,86,87,88,89,90,91)/p+1. The fourth-order valence-electron chi connectivity index (χ4n) is 13.3. The van der Waals surface area contributed by atoms with Gasteiger partial charge >= 0.3 is 5.97 Å². The van der Waals surface area contributed by atoms with Gasteiger partial charge in [0.2, 0.25) is 17.4 Å². The summed E-state index contributed by atoms with van der Waals surface area (Å²) in [5.74, 6) is -1.69. The zero-order valence-electron chi connectivity index (χ0n) is 58.7. The Kier molecular flexibility index (Phi) is 27.4. The topological polar surface area (TPSA) is 433 Å². The number of ether oxygens (including phenoxy) is 9. The summed E-state index contributed by atoms with van der Waals surface area (Å²) in [6, 6.07) is 16.7. The molecule has 0 radical (unpaired) electrons. The van der Waals surface area contributed by atoms with Gasteiger partial charge in [0, 0.05) is 97.8 Å². The maximum Gasteiger partial charge on any atom is 0.333 e. The molecular weight excluding hydrogens is 1490 g/mol. The van der Waals surface area contributed by atoms with E-state index in [4.69, 9.17) is 47.5 Å². The molecule has 36 heteroatoms. The first kappa shape index (κ1) is 82.5. The first-order valence-electron chi connectivity index (χ1n) is 33.5. The van der Waals surface area contributed by atoms with Crippen LogP contribution in [-0.4, -0.2) is 216 Å². The maximum atomic E-state index is 13.5. The molecule has 0 amide bonds. The van der Waals surface area contributed by atoms with E-state index >= 15 is 0 Å². The van der Waals surface area contributed by atoms with E-state index in [0.29, 0.717) is 114 Å². The molecule has 0 saturated carbocycles. The Morgan fingerprint density at radius 2 is 1.01 bits per heavy atom. The van der Waals surface area contributed by atoms with Crippen LogP contribution in [0, 0.1) is 0 Å². The van der Waals surface area contributed by atoms with Crippen molar-refractivity contribution in [2.24, 2.45) is 0 Å². The number of benzene rings is 5. The van der Waals surface area contributed by atoms with E-state index in [1.165, 1.54) is 24.3 Å². The van der Waals surface area contributed by atoms with Gasteiger partial charge in [-0.25, -0.2) is 4.79 Å². The molecule has 2 unspecified atom stereocenters. The van der Waals surface area contributed by atoms with Gasteiger partial charge in [-0.1, -0.05) is 12.1 Å². The van der Waals surface area contributed by atoms with Crippen molar-refractivity contribution in [3.8, 4) is 17.5 Å². The number of fused-ring (bicyclic) bond motifs is 6. The number of hydrogen-bond acceptors (Lipinski definition) is 24. The monoisotopic (exact) mass is 1580 g/mol. The van der Waals surface area contributed by atoms with E-state index in [9.17, 15) is 79.9 Å². The molecule has 6 aromatic rings. The summed E-state index contributed by atoms with van der Waals surface area (Å²) in [7, 11) is -22.2. The minimum Gasteiger partial charge on any atom is -0.492 e. The van der Waals surface area contributed by atoms with Crippen molar-refractivity contribution in [3.05, 3.63) is 143 Å². The van der Waals surface area contributed by atoms with Gasteiger partial charge in [-0.3, -0.25) is 22.8 Å². The highest BCUT2D eigenvalue weighted by molar-refractivity contribution is 7.87. The zero-order chi connectivity index (χ0) is 77.0. The third kappa shape index (κ3) is 19.6. The third-order valence-corrected chi connectivity index (χ3v) is 22.6. The molecule has 1 aromatic heterocycles. The minimum absolute atomic E-state index is 0.0157. The van der Waals surface area contributed by atoms with Crippen molar-refractivity contribution >= 4 is 95.2 Å². The second kappa shape index (κ2) is 35.2. The normalized spacial score (nSPS) is 18.2. The van der Waals surface area contributed by atoms with E-state index in [1.54, 1.807) is 56.4 Å². The highest BCUT2D eigenvalue weighted by Gasteiger charge is 2.50. The Balaban J connectivity index is 1.21. The number of rotatable bonds is 40. The molecule has 7 N–H and O–H groups in total. The van der Waals surface area contributed by atoms with Crippen LogP contribution < -0.4 is 14.5 Å². The highest BCUT2D eigenvalue weighted by Crippen LogP contribution is 2.55. The number of nitrogens with zero attached hydrogens (tertiary/aromatic N) is 3. The second-order valence-corrected chi connectivity index (χ2v) is 32.2. The molecule has 31 nitrogen and oxygen atoms in total. The average Bonchev–Trinajstić information content (AvgIpc) is 1.53. The molecule has 0 spiro atoms. The van der Waals surface area contributed by atoms with Crippen molar-refractivity contribution in [2.75, 3.05) is 125 Å². The number of carbonyl (C=O) groups is 1. The van der Waals surface area contributed by atoms with Crippen molar-refractivity contribution < 1.29 is 132 Å².